The van der Waals surface area contributed by atoms with Crippen LogP contribution in [0.5, 0.6) is 0 Å². The van der Waals surface area contributed by atoms with Gasteiger partial charge in [0.2, 0.25) is 5.91 Å². The Hall–Kier alpha value is -0.530. The first-order chi connectivity index (χ1) is 8.36. The van der Waals surface area contributed by atoms with Crippen molar-refractivity contribution in [2.24, 2.45) is 5.92 Å². The van der Waals surface area contributed by atoms with E-state index in [1.165, 1.54) is 57.8 Å². The molecule has 0 aromatic rings. The van der Waals surface area contributed by atoms with Crippen molar-refractivity contribution in [3.63, 3.8) is 0 Å². The zero-order valence-corrected chi connectivity index (χ0v) is 11.1. The van der Waals surface area contributed by atoms with Crippen molar-refractivity contribution in [2.45, 2.75) is 70.6 Å². The van der Waals surface area contributed by atoms with E-state index in [2.05, 4.69) is 4.90 Å². The third-order valence-corrected chi connectivity index (χ3v) is 4.45. The summed E-state index contributed by atoms with van der Waals surface area (Å²) in [5.74, 6) is 1.28. The molecule has 0 aromatic heterocycles. The highest BCUT2D eigenvalue weighted by Gasteiger charge is 2.18. The fourth-order valence-electron chi connectivity index (χ4n) is 3.28. The van der Waals surface area contributed by atoms with Gasteiger partial charge >= 0.3 is 0 Å². The second-order valence-corrected chi connectivity index (χ2v) is 5.84. The Morgan fingerprint density at radius 3 is 2.12 bits per heavy atom. The van der Waals surface area contributed by atoms with Gasteiger partial charge in [0.1, 0.15) is 0 Å². The molecule has 0 unspecified atom stereocenters. The molecule has 98 valence electrons. The average Bonchev–Trinajstić information content (AvgIpc) is 2.66. The summed E-state index contributed by atoms with van der Waals surface area (Å²) in [6.07, 6.45) is 13.9. The number of hydrogen-bond donors (Lipinski definition) is 0. The van der Waals surface area contributed by atoms with Gasteiger partial charge in [-0.25, -0.2) is 0 Å². The summed E-state index contributed by atoms with van der Waals surface area (Å²) in [4.78, 5) is 14.2. The number of likely N-dealkylation sites (tertiary alicyclic amines) is 1. The van der Waals surface area contributed by atoms with Gasteiger partial charge in [0, 0.05) is 19.5 Å². The molecule has 2 aliphatic rings. The lowest BCUT2D eigenvalue weighted by atomic mass is 9.86. The summed E-state index contributed by atoms with van der Waals surface area (Å²) in [7, 11) is 0. The summed E-state index contributed by atoms with van der Waals surface area (Å²) in [5.41, 5.74) is 0. The second kappa shape index (κ2) is 7.03. The van der Waals surface area contributed by atoms with Gasteiger partial charge in [-0.2, -0.15) is 0 Å². The number of nitrogens with zero attached hydrogens (tertiary/aromatic N) is 1. The summed E-state index contributed by atoms with van der Waals surface area (Å²) in [6.45, 7) is 2.03. The Kier molecular flexibility index (Phi) is 5.34. The molecule has 1 saturated heterocycles. The molecule has 0 bridgehead atoms. The summed E-state index contributed by atoms with van der Waals surface area (Å²) in [6, 6.07) is 0. The van der Waals surface area contributed by atoms with Gasteiger partial charge in [-0.1, -0.05) is 44.9 Å². The normalized spacial score (nSPS) is 23.4. The van der Waals surface area contributed by atoms with Crippen LogP contribution in [0.4, 0.5) is 0 Å². The van der Waals surface area contributed by atoms with Crippen molar-refractivity contribution in [3.8, 4) is 0 Å². The molecule has 0 aromatic carbocycles. The third-order valence-electron chi connectivity index (χ3n) is 4.45. The molecule has 17 heavy (non-hydrogen) atoms. The highest BCUT2D eigenvalue weighted by atomic mass is 16.2. The number of carbonyl (C=O) groups excluding carboxylic acids is 1. The average molecular weight is 237 g/mol. The molecule has 1 heterocycles. The smallest absolute Gasteiger partial charge is 0.222 e. The zero-order valence-electron chi connectivity index (χ0n) is 11.1. The fraction of sp³-hybridized carbons (Fsp3) is 0.933. The van der Waals surface area contributed by atoms with Crippen LogP contribution in [0.1, 0.15) is 70.6 Å². The van der Waals surface area contributed by atoms with Crippen LogP contribution in [-0.2, 0) is 4.79 Å². The summed E-state index contributed by atoms with van der Waals surface area (Å²) in [5, 5.41) is 0. The summed E-state index contributed by atoms with van der Waals surface area (Å²) >= 11 is 0. The van der Waals surface area contributed by atoms with Crippen LogP contribution < -0.4 is 0 Å². The Labute approximate surface area is 106 Å². The zero-order chi connectivity index (χ0) is 11.9. The maximum Gasteiger partial charge on any atom is 0.222 e. The van der Waals surface area contributed by atoms with Gasteiger partial charge in [0.15, 0.2) is 0 Å². The van der Waals surface area contributed by atoms with Crippen LogP contribution in [0.3, 0.4) is 0 Å². The van der Waals surface area contributed by atoms with Gasteiger partial charge < -0.3 is 4.90 Å². The predicted molar refractivity (Wildman–Crippen MR) is 70.9 cm³/mol. The molecule has 0 atom stereocenters. The molecule has 0 radical (unpaired) electrons. The molecule has 2 heteroatoms. The SMILES string of the molecule is O=C(CCC1CCCCC1)N1CCCCCC1. The third kappa shape index (κ3) is 4.33. The van der Waals surface area contributed by atoms with Crippen molar-refractivity contribution >= 4 is 5.91 Å². The molecule has 2 rings (SSSR count). The van der Waals surface area contributed by atoms with E-state index in [1.54, 1.807) is 0 Å². The Morgan fingerprint density at radius 2 is 1.47 bits per heavy atom. The molecule has 0 spiro atoms. The van der Waals surface area contributed by atoms with Crippen LogP contribution in [0.15, 0.2) is 0 Å². The van der Waals surface area contributed by atoms with Crippen molar-refractivity contribution in [1.82, 2.24) is 4.90 Å². The number of amides is 1. The molecular formula is C15H27NO. The molecular weight excluding hydrogens is 210 g/mol. The van der Waals surface area contributed by atoms with E-state index in [0.29, 0.717) is 5.91 Å². The van der Waals surface area contributed by atoms with E-state index < -0.39 is 0 Å². The number of hydrogen-bond acceptors (Lipinski definition) is 1. The van der Waals surface area contributed by atoms with Gasteiger partial charge in [0.05, 0.1) is 0 Å². The van der Waals surface area contributed by atoms with Crippen molar-refractivity contribution in [1.29, 1.82) is 0 Å². The van der Waals surface area contributed by atoms with Crippen molar-refractivity contribution in [3.05, 3.63) is 0 Å². The van der Waals surface area contributed by atoms with Gasteiger partial charge in [-0.3, -0.25) is 4.79 Å². The van der Waals surface area contributed by atoms with E-state index in [1.807, 2.05) is 0 Å². The lowest BCUT2D eigenvalue weighted by molar-refractivity contribution is -0.131. The van der Waals surface area contributed by atoms with E-state index in [4.69, 9.17) is 0 Å². The molecule has 1 aliphatic heterocycles. The first kappa shape index (κ1) is 12.9. The monoisotopic (exact) mass is 237 g/mol. The summed E-state index contributed by atoms with van der Waals surface area (Å²) < 4.78 is 0. The maximum absolute atomic E-state index is 12.1. The van der Waals surface area contributed by atoms with Crippen molar-refractivity contribution in [2.75, 3.05) is 13.1 Å². The standard InChI is InChI=1S/C15H27NO/c17-15(16-12-6-1-2-7-13-16)11-10-14-8-4-3-5-9-14/h14H,1-13H2. The second-order valence-electron chi connectivity index (χ2n) is 5.84. The maximum atomic E-state index is 12.1. The largest absolute Gasteiger partial charge is 0.343 e. The minimum atomic E-state index is 0.428. The molecule has 1 amide bonds. The highest BCUT2D eigenvalue weighted by Crippen LogP contribution is 2.27. The first-order valence-corrected chi connectivity index (χ1v) is 7.64. The van der Waals surface area contributed by atoms with Gasteiger partial charge in [-0.15, -0.1) is 0 Å². The highest BCUT2D eigenvalue weighted by molar-refractivity contribution is 5.76. The quantitative estimate of drug-likeness (QED) is 0.732. The van der Waals surface area contributed by atoms with Crippen LogP contribution in [-0.4, -0.2) is 23.9 Å². The van der Waals surface area contributed by atoms with E-state index in [-0.39, 0.29) is 0 Å². The molecule has 0 N–H and O–H groups in total. The molecule has 2 nitrogen and oxygen atoms in total. The lowest BCUT2D eigenvalue weighted by Gasteiger charge is -2.24. The van der Waals surface area contributed by atoms with Crippen LogP contribution in [0.25, 0.3) is 0 Å². The topological polar surface area (TPSA) is 20.3 Å². The van der Waals surface area contributed by atoms with Crippen LogP contribution in [0.2, 0.25) is 0 Å². The molecule has 2 fully saturated rings. The van der Waals surface area contributed by atoms with E-state index >= 15 is 0 Å². The van der Waals surface area contributed by atoms with Gasteiger partial charge in [0.25, 0.3) is 0 Å². The Bertz CT molecular complexity index is 225. The Morgan fingerprint density at radius 1 is 0.882 bits per heavy atom. The number of carbonyl (C=O) groups is 1. The van der Waals surface area contributed by atoms with E-state index in [0.717, 1.165) is 31.8 Å². The molecule has 1 saturated carbocycles. The fourth-order valence-corrected chi connectivity index (χ4v) is 3.28. The van der Waals surface area contributed by atoms with Crippen LogP contribution in [0, 0.1) is 5.92 Å². The van der Waals surface area contributed by atoms with Gasteiger partial charge in [-0.05, 0) is 25.2 Å². The van der Waals surface area contributed by atoms with Crippen molar-refractivity contribution < 1.29 is 4.79 Å². The van der Waals surface area contributed by atoms with Crippen LogP contribution >= 0.6 is 0 Å². The first-order valence-electron chi connectivity index (χ1n) is 7.64. The molecule has 1 aliphatic carbocycles. The minimum absolute atomic E-state index is 0.428. The lowest BCUT2D eigenvalue weighted by Crippen LogP contribution is -2.32. The number of rotatable bonds is 3. The van der Waals surface area contributed by atoms with E-state index in [9.17, 15) is 4.79 Å². The Balaban J connectivity index is 1.68. The minimum Gasteiger partial charge on any atom is -0.343 e. The predicted octanol–water partition coefficient (Wildman–Crippen LogP) is 3.75.